The van der Waals surface area contributed by atoms with E-state index in [-0.39, 0.29) is 17.6 Å². The molecule has 1 aromatic rings. The van der Waals surface area contributed by atoms with Crippen LogP contribution in [-0.4, -0.2) is 24.2 Å². The Balaban J connectivity index is 2.76. The number of carbonyl (C=O) groups excluding carboxylic acids is 1. The number of ether oxygens (including phenoxy) is 1. The summed E-state index contributed by atoms with van der Waals surface area (Å²) < 4.78 is 4.96. The Labute approximate surface area is 107 Å². The lowest BCUT2D eigenvalue weighted by Gasteiger charge is -2.18. The number of phenolic OH excluding ortho intramolecular Hbond substituents is 1. The molecule has 100 valence electrons. The molecule has 0 saturated heterocycles. The molecule has 5 nitrogen and oxygen atoms in total. The van der Waals surface area contributed by atoms with Gasteiger partial charge in [-0.15, -0.1) is 0 Å². The van der Waals surface area contributed by atoms with E-state index in [1.54, 1.807) is 12.1 Å². The van der Waals surface area contributed by atoms with E-state index in [0.717, 1.165) is 6.42 Å². The Bertz CT molecular complexity index is 421. The maximum absolute atomic E-state index is 11.8. The van der Waals surface area contributed by atoms with Crippen molar-refractivity contribution in [3.63, 3.8) is 0 Å². The quantitative estimate of drug-likeness (QED) is 0.696. The minimum Gasteiger partial charge on any atom is -0.506 e. The minimum absolute atomic E-state index is 0.0425. The normalized spacial score (nSPS) is 13.8. The van der Waals surface area contributed by atoms with Crippen molar-refractivity contribution in [3.8, 4) is 11.5 Å². The summed E-state index contributed by atoms with van der Waals surface area (Å²) >= 11 is 0. The molecule has 0 radical (unpaired) electrons. The van der Waals surface area contributed by atoms with Crippen LogP contribution in [-0.2, 0) is 4.79 Å². The third kappa shape index (κ3) is 3.37. The number of nitrogens with two attached hydrogens (primary N) is 1. The van der Waals surface area contributed by atoms with E-state index in [1.807, 2.05) is 13.8 Å². The van der Waals surface area contributed by atoms with E-state index in [0.29, 0.717) is 11.4 Å². The monoisotopic (exact) mass is 252 g/mol. The molecule has 0 aliphatic carbocycles. The van der Waals surface area contributed by atoms with Crippen molar-refractivity contribution in [2.24, 2.45) is 11.7 Å². The Morgan fingerprint density at radius 1 is 1.56 bits per heavy atom. The van der Waals surface area contributed by atoms with E-state index in [9.17, 15) is 9.90 Å². The number of rotatable bonds is 5. The third-order valence-electron chi connectivity index (χ3n) is 3.02. The van der Waals surface area contributed by atoms with Crippen LogP contribution < -0.4 is 15.8 Å². The first-order valence-electron chi connectivity index (χ1n) is 5.93. The fraction of sp³-hybridized carbons (Fsp3) is 0.462. The van der Waals surface area contributed by atoms with Gasteiger partial charge in [0.2, 0.25) is 5.91 Å². The van der Waals surface area contributed by atoms with Crippen LogP contribution >= 0.6 is 0 Å². The van der Waals surface area contributed by atoms with E-state index in [4.69, 9.17) is 10.5 Å². The SMILES string of the molecule is CCC(C)C(N)C(=O)Nc1ccc(OC)cc1O. The summed E-state index contributed by atoms with van der Waals surface area (Å²) in [5.74, 6) is 0.269. The highest BCUT2D eigenvalue weighted by Crippen LogP contribution is 2.28. The topological polar surface area (TPSA) is 84.6 Å². The summed E-state index contributed by atoms with van der Waals surface area (Å²) in [5.41, 5.74) is 6.14. The minimum atomic E-state index is -0.587. The zero-order valence-electron chi connectivity index (χ0n) is 10.9. The van der Waals surface area contributed by atoms with Crippen LogP contribution in [0.5, 0.6) is 11.5 Å². The number of methoxy groups -OCH3 is 1. The van der Waals surface area contributed by atoms with E-state index < -0.39 is 6.04 Å². The second-order valence-corrected chi connectivity index (χ2v) is 4.28. The molecule has 0 heterocycles. The predicted molar refractivity (Wildman–Crippen MR) is 70.7 cm³/mol. The van der Waals surface area contributed by atoms with Gasteiger partial charge >= 0.3 is 0 Å². The molecule has 5 heteroatoms. The third-order valence-corrected chi connectivity index (χ3v) is 3.02. The number of hydrogen-bond acceptors (Lipinski definition) is 4. The molecule has 1 rings (SSSR count). The molecule has 1 aromatic carbocycles. The molecule has 2 atom stereocenters. The second-order valence-electron chi connectivity index (χ2n) is 4.28. The van der Waals surface area contributed by atoms with Crippen molar-refractivity contribution in [2.75, 3.05) is 12.4 Å². The Morgan fingerprint density at radius 2 is 2.22 bits per heavy atom. The van der Waals surface area contributed by atoms with Gasteiger partial charge < -0.3 is 20.9 Å². The Morgan fingerprint density at radius 3 is 2.72 bits per heavy atom. The predicted octanol–water partition coefficient (Wildman–Crippen LogP) is 1.71. The molecule has 2 unspecified atom stereocenters. The van der Waals surface area contributed by atoms with Gasteiger partial charge in [-0.05, 0) is 18.1 Å². The lowest BCUT2D eigenvalue weighted by molar-refractivity contribution is -0.118. The summed E-state index contributed by atoms with van der Waals surface area (Å²) in [4.78, 5) is 11.8. The van der Waals surface area contributed by atoms with Crippen molar-refractivity contribution in [1.29, 1.82) is 0 Å². The number of phenols is 1. The van der Waals surface area contributed by atoms with E-state index >= 15 is 0 Å². The number of hydrogen-bond donors (Lipinski definition) is 3. The molecule has 0 saturated carbocycles. The zero-order chi connectivity index (χ0) is 13.7. The molecular formula is C13H20N2O3. The molecule has 4 N–H and O–H groups in total. The molecule has 0 bridgehead atoms. The van der Waals surface area contributed by atoms with Gasteiger partial charge in [-0.2, -0.15) is 0 Å². The van der Waals surface area contributed by atoms with Crippen LogP contribution in [0.1, 0.15) is 20.3 Å². The Kier molecular flexibility index (Phi) is 4.97. The highest BCUT2D eigenvalue weighted by molar-refractivity contribution is 5.96. The largest absolute Gasteiger partial charge is 0.506 e. The number of carbonyl (C=O) groups is 1. The molecule has 0 aromatic heterocycles. The highest BCUT2D eigenvalue weighted by Gasteiger charge is 2.20. The summed E-state index contributed by atoms with van der Waals surface area (Å²) in [7, 11) is 1.51. The van der Waals surface area contributed by atoms with Crippen LogP contribution in [0, 0.1) is 5.92 Å². The van der Waals surface area contributed by atoms with Crippen molar-refractivity contribution < 1.29 is 14.6 Å². The van der Waals surface area contributed by atoms with Crippen molar-refractivity contribution in [2.45, 2.75) is 26.3 Å². The number of anilines is 1. The van der Waals surface area contributed by atoms with Crippen molar-refractivity contribution >= 4 is 11.6 Å². The van der Waals surface area contributed by atoms with Gasteiger partial charge in [0.1, 0.15) is 11.5 Å². The fourth-order valence-corrected chi connectivity index (χ4v) is 1.47. The van der Waals surface area contributed by atoms with Gasteiger partial charge in [-0.25, -0.2) is 0 Å². The van der Waals surface area contributed by atoms with E-state index in [2.05, 4.69) is 5.32 Å². The maximum Gasteiger partial charge on any atom is 0.241 e. The molecular weight excluding hydrogens is 232 g/mol. The first-order chi connectivity index (χ1) is 8.49. The maximum atomic E-state index is 11.8. The van der Waals surface area contributed by atoms with Gasteiger partial charge in [0.05, 0.1) is 18.8 Å². The first-order valence-corrected chi connectivity index (χ1v) is 5.93. The molecule has 0 spiro atoms. The van der Waals surface area contributed by atoms with Crippen LogP contribution in [0.3, 0.4) is 0 Å². The van der Waals surface area contributed by atoms with Crippen LogP contribution in [0.2, 0.25) is 0 Å². The number of aromatic hydroxyl groups is 1. The molecule has 1 amide bonds. The molecule has 0 fully saturated rings. The average molecular weight is 252 g/mol. The highest BCUT2D eigenvalue weighted by atomic mass is 16.5. The number of amides is 1. The zero-order valence-corrected chi connectivity index (χ0v) is 10.9. The number of nitrogens with one attached hydrogen (secondary N) is 1. The number of benzene rings is 1. The average Bonchev–Trinajstić information content (AvgIpc) is 2.38. The van der Waals surface area contributed by atoms with Crippen LogP contribution in [0.4, 0.5) is 5.69 Å². The lowest BCUT2D eigenvalue weighted by atomic mass is 9.99. The smallest absolute Gasteiger partial charge is 0.241 e. The van der Waals surface area contributed by atoms with Gasteiger partial charge in [-0.3, -0.25) is 4.79 Å². The summed E-state index contributed by atoms with van der Waals surface area (Å²) in [5, 5.41) is 12.3. The van der Waals surface area contributed by atoms with Crippen LogP contribution in [0.25, 0.3) is 0 Å². The summed E-state index contributed by atoms with van der Waals surface area (Å²) in [6.07, 6.45) is 0.823. The fourth-order valence-electron chi connectivity index (χ4n) is 1.47. The van der Waals surface area contributed by atoms with Gasteiger partial charge in [0.15, 0.2) is 0 Å². The van der Waals surface area contributed by atoms with Gasteiger partial charge in [0.25, 0.3) is 0 Å². The summed E-state index contributed by atoms with van der Waals surface area (Å²) in [6, 6.07) is 4.08. The first kappa shape index (κ1) is 14.3. The summed E-state index contributed by atoms with van der Waals surface area (Å²) in [6.45, 7) is 3.89. The standard InChI is InChI=1S/C13H20N2O3/c1-4-8(2)12(14)13(17)15-10-6-5-9(18-3)7-11(10)16/h5-8,12,16H,4,14H2,1-3H3,(H,15,17). The van der Waals surface area contributed by atoms with Crippen LogP contribution in [0.15, 0.2) is 18.2 Å². The Hall–Kier alpha value is -1.75. The van der Waals surface area contributed by atoms with Gasteiger partial charge in [-0.1, -0.05) is 20.3 Å². The lowest BCUT2D eigenvalue weighted by Crippen LogP contribution is -2.40. The second kappa shape index (κ2) is 6.26. The van der Waals surface area contributed by atoms with Crippen molar-refractivity contribution in [3.05, 3.63) is 18.2 Å². The van der Waals surface area contributed by atoms with Crippen molar-refractivity contribution in [1.82, 2.24) is 0 Å². The molecule has 0 aliphatic heterocycles. The van der Waals surface area contributed by atoms with Gasteiger partial charge in [0, 0.05) is 6.07 Å². The van der Waals surface area contributed by atoms with E-state index in [1.165, 1.54) is 13.2 Å². The molecule has 0 aliphatic rings. The molecule has 18 heavy (non-hydrogen) atoms.